The first-order valence-corrected chi connectivity index (χ1v) is 5.76. The topological polar surface area (TPSA) is 118 Å². The molecule has 2 aromatic rings. The maximum absolute atomic E-state index is 11.8. The number of methoxy groups -OCH3 is 1. The van der Waals surface area contributed by atoms with Crippen molar-refractivity contribution in [1.29, 1.82) is 0 Å². The van der Waals surface area contributed by atoms with Gasteiger partial charge in [-0.2, -0.15) is 0 Å². The minimum absolute atomic E-state index is 0.0465. The molecule has 4 N–H and O–H groups in total. The van der Waals surface area contributed by atoms with Crippen LogP contribution in [-0.4, -0.2) is 28.2 Å². The highest BCUT2D eigenvalue weighted by molar-refractivity contribution is 5.72. The van der Waals surface area contributed by atoms with Crippen LogP contribution in [0.25, 0.3) is 11.4 Å². The number of aliphatic carboxylic acids is 1. The number of anilines is 1. The Hall–Kier alpha value is -2.83. The SMILES string of the molecule is COc1ccc(-c2nc(N)c(CC(=O)O)c(=O)[nH]2)cc1. The maximum Gasteiger partial charge on any atom is 0.308 e. The third-order valence-electron chi connectivity index (χ3n) is 2.74. The van der Waals surface area contributed by atoms with Crippen molar-refractivity contribution in [2.24, 2.45) is 0 Å². The number of carboxylic acids is 1. The highest BCUT2D eigenvalue weighted by atomic mass is 16.5. The molecule has 0 radical (unpaired) electrons. The number of benzene rings is 1. The van der Waals surface area contributed by atoms with E-state index in [0.29, 0.717) is 11.3 Å². The highest BCUT2D eigenvalue weighted by Gasteiger charge is 2.13. The Morgan fingerprint density at radius 1 is 1.40 bits per heavy atom. The summed E-state index contributed by atoms with van der Waals surface area (Å²) in [5, 5.41) is 8.71. The van der Waals surface area contributed by atoms with Crippen molar-refractivity contribution >= 4 is 11.8 Å². The van der Waals surface area contributed by atoms with Crippen LogP contribution in [-0.2, 0) is 11.2 Å². The predicted octanol–water partition coefficient (Wildman–Crippen LogP) is 0.655. The Bertz CT molecular complexity index is 692. The monoisotopic (exact) mass is 275 g/mol. The largest absolute Gasteiger partial charge is 0.497 e. The summed E-state index contributed by atoms with van der Waals surface area (Å²) >= 11 is 0. The number of aromatic amines is 1. The molecule has 0 fully saturated rings. The summed E-state index contributed by atoms with van der Waals surface area (Å²) in [6.07, 6.45) is -0.461. The summed E-state index contributed by atoms with van der Waals surface area (Å²) in [5.41, 5.74) is 5.70. The number of nitrogens with one attached hydrogen (secondary N) is 1. The number of H-pyrrole nitrogens is 1. The van der Waals surface area contributed by atoms with Crippen LogP contribution in [0.4, 0.5) is 5.82 Å². The summed E-state index contributed by atoms with van der Waals surface area (Å²) in [6.45, 7) is 0. The quantitative estimate of drug-likeness (QED) is 0.754. The first-order chi connectivity index (χ1) is 9.51. The molecule has 20 heavy (non-hydrogen) atoms. The first kappa shape index (κ1) is 13.6. The van der Waals surface area contributed by atoms with E-state index in [0.717, 1.165) is 0 Å². The van der Waals surface area contributed by atoms with Gasteiger partial charge in [0.1, 0.15) is 17.4 Å². The van der Waals surface area contributed by atoms with Crippen molar-refractivity contribution in [1.82, 2.24) is 9.97 Å². The van der Waals surface area contributed by atoms with Crippen molar-refractivity contribution in [3.05, 3.63) is 40.2 Å². The number of nitrogens with zero attached hydrogens (tertiary/aromatic N) is 1. The van der Waals surface area contributed by atoms with Gasteiger partial charge in [-0.1, -0.05) is 0 Å². The lowest BCUT2D eigenvalue weighted by molar-refractivity contribution is -0.136. The van der Waals surface area contributed by atoms with Crippen molar-refractivity contribution in [2.75, 3.05) is 12.8 Å². The fraction of sp³-hybridized carbons (Fsp3) is 0.154. The minimum Gasteiger partial charge on any atom is -0.497 e. The van der Waals surface area contributed by atoms with Crippen molar-refractivity contribution in [2.45, 2.75) is 6.42 Å². The number of nitrogens with two attached hydrogens (primary N) is 1. The molecule has 0 spiro atoms. The van der Waals surface area contributed by atoms with Gasteiger partial charge < -0.3 is 20.6 Å². The predicted molar refractivity (Wildman–Crippen MR) is 72.6 cm³/mol. The number of carbonyl (C=O) groups is 1. The molecule has 0 saturated heterocycles. The minimum atomic E-state index is -1.14. The van der Waals surface area contributed by atoms with E-state index in [2.05, 4.69) is 9.97 Å². The van der Waals surface area contributed by atoms with Gasteiger partial charge in [-0.05, 0) is 24.3 Å². The molecule has 7 heteroatoms. The van der Waals surface area contributed by atoms with E-state index in [9.17, 15) is 9.59 Å². The third kappa shape index (κ3) is 2.77. The Morgan fingerprint density at radius 3 is 2.55 bits per heavy atom. The average Bonchev–Trinajstić information content (AvgIpc) is 2.42. The highest BCUT2D eigenvalue weighted by Crippen LogP contribution is 2.19. The van der Waals surface area contributed by atoms with Gasteiger partial charge in [0.2, 0.25) is 0 Å². The van der Waals surface area contributed by atoms with Gasteiger partial charge in [0.05, 0.1) is 19.1 Å². The average molecular weight is 275 g/mol. The molecule has 0 aliphatic rings. The summed E-state index contributed by atoms with van der Waals surface area (Å²) in [5.74, 6) is -0.265. The van der Waals surface area contributed by atoms with Crippen LogP contribution in [0.3, 0.4) is 0 Å². The molecule has 0 unspecified atom stereocenters. The Morgan fingerprint density at radius 2 is 2.05 bits per heavy atom. The standard InChI is InChI=1S/C13H13N3O4/c1-20-8-4-2-7(3-5-8)12-15-11(14)9(6-10(17)18)13(19)16-12/h2-5H,6H2,1H3,(H,17,18)(H3,14,15,16,19). The second-order valence-electron chi connectivity index (χ2n) is 4.08. The zero-order valence-corrected chi connectivity index (χ0v) is 10.7. The number of nitrogen functional groups attached to an aromatic ring is 1. The van der Waals surface area contributed by atoms with Gasteiger partial charge in [-0.3, -0.25) is 9.59 Å². The van der Waals surface area contributed by atoms with E-state index in [1.807, 2.05) is 0 Å². The molecular formula is C13H13N3O4. The van der Waals surface area contributed by atoms with E-state index in [4.69, 9.17) is 15.6 Å². The number of rotatable bonds is 4. The van der Waals surface area contributed by atoms with Gasteiger partial charge in [0.15, 0.2) is 0 Å². The van der Waals surface area contributed by atoms with Gasteiger partial charge in [0, 0.05) is 5.56 Å². The van der Waals surface area contributed by atoms with Crippen LogP contribution in [0.5, 0.6) is 5.75 Å². The van der Waals surface area contributed by atoms with Crippen LogP contribution < -0.4 is 16.0 Å². The van der Waals surface area contributed by atoms with Crippen molar-refractivity contribution in [3.8, 4) is 17.1 Å². The second kappa shape index (κ2) is 5.43. The molecule has 0 bridgehead atoms. The van der Waals surface area contributed by atoms with Crippen LogP contribution in [0.1, 0.15) is 5.56 Å². The van der Waals surface area contributed by atoms with Crippen LogP contribution in [0, 0.1) is 0 Å². The Labute approximate surface area is 114 Å². The van der Waals surface area contributed by atoms with Gasteiger partial charge in [0.25, 0.3) is 5.56 Å². The molecule has 2 rings (SSSR count). The third-order valence-corrected chi connectivity index (χ3v) is 2.74. The van der Waals surface area contributed by atoms with Crippen LogP contribution in [0.2, 0.25) is 0 Å². The molecule has 0 amide bonds. The zero-order chi connectivity index (χ0) is 14.7. The van der Waals surface area contributed by atoms with Gasteiger partial charge in [-0.15, -0.1) is 0 Å². The van der Waals surface area contributed by atoms with Crippen molar-refractivity contribution < 1.29 is 14.6 Å². The van der Waals surface area contributed by atoms with Crippen molar-refractivity contribution in [3.63, 3.8) is 0 Å². The molecule has 1 heterocycles. The molecule has 104 valence electrons. The summed E-state index contributed by atoms with van der Waals surface area (Å²) in [7, 11) is 1.55. The zero-order valence-electron chi connectivity index (χ0n) is 10.7. The number of aromatic nitrogens is 2. The summed E-state index contributed by atoms with van der Waals surface area (Å²) in [4.78, 5) is 29.0. The molecule has 1 aromatic carbocycles. The fourth-order valence-electron chi connectivity index (χ4n) is 1.72. The smallest absolute Gasteiger partial charge is 0.308 e. The maximum atomic E-state index is 11.8. The summed E-state index contributed by atoms with van der Waals surface area (Å²) < 4.78 is 5.03. The molecule has 0 aliphatic carbocycles. The Balaban J connectivity index is 2.43. The molecule has 1 aromatic heterocycles. The first-order valence-electron chi connectivity index (χ1n) is 5.76. The van der Waals surface area contributed by atoms with E-state index in [-0.39, 0.29) is 17.2 Å². The number of carboxylic acid groups (broad SMARTS) is 1. The Kier molecular flexibility index (Phi) is 3.69. The molecule has 7 nitrogen and oxygen atoms in total. The number of hydrogen-bond donors (Lipinski definition) is 3. The normalized spacial score (nSPS) is 10.2. The number of hydrogen-bond acceptors (Lipinski definition) is 5. The lowest BCUT2D eigenvalue weighted by Crippen LogP contribution is -2.21. The van der Waals surface area contributed by atoms with E-state index in [1.165, 1.54) is 0 Å². The van der Waals surface area contributed by atoms with E-state index < -0.39 is 17.9 Å². The number of ether oxygens (including phenoxy) is 1. The molecule has 0 aliphatic heterocycles. The van der Waals surface area contributed by atoms with Gasteiger partial charge in [-0.25, -0.2) is 4.98 Å². The van der Waals surface area contributed by atoms with Crippen LogP contribution in [0.15, 0.2) is 29.1 Å². The fourth-order valence-corrected chi connectivity index (χ4v) is 1.72. The second-order valence-corrected chi connectivity index (χ2v) is 4.08. The van der Waals surface area contributed by atoms with E-state index >= 15 is 0 Å². The molecule has 0 atom stereocenters. The van der Waals surface area contributed by atoms with Gasteiger partial charge >= 0.3 is 5.97 Å². The lowest BCUT2D eigenvalue weighted by atomic mass is 10.2. The van der Waals surface area contributed by atoms with Crippen LogP contribution >= 0.6 is 0 Å². The molecule has 0 saturated carbocycles. The lowest BCUT2D eigenvalue weighted by Gasteiger charge is -2.06. The summed E-state index contributed by atoms with van der Waals surface area (Å²) in [6, 6.07) is 6.87. The van der Waals surface area contributed by atoms with E-state index in [1.54, 1.807) is 31.4 Å². The molecular weight excluding hydrogens is 262 g/mol.